The number of H-pyrrole nitrogens is 1. The third-order valence-corrected chi connectivity index (χ3v) is 7.20. The highest BCUT2D eigenvalue weighted by atomic mass is 32.2. The summed E-state index contributed by atoms with van der Waals surface area (Å²) < 4.78 is 66.5. The molecule has 1 unspecified atom stereocenters. The molecule has 2 N–H and O–H groups in total. The molecule has 11 heteroatoms. The van der Waals surface area contributed by atoms with Crippen molar-refractivity contribution in [3.8, 4) is 0 Å². The zero-order valence-electron chi connectivity index (χ0n) is 17.2. The van der Waals surface area contributed by atoms with E-state index in [0.29, 0.717) is 29.8 Å². The van der Waals surface area contributed by atoms with Crippen molar-refractivity contribution in [1.82, 2.24) is 19.5 Å². The Morgan fingerprint density at radius 1 is 1.12 bits per heavy atom. The van der Waals surface area contributed by atoms with Crippen molar-refractivity contribution in [3.05, 3.63) is 65.5 Å². The maximum absolute atomic E-state index is 13.1. The van der Waals surface area contributed by atoms with Crippen LogP contribution in [0.3, 0.4) is 0 Å². The number of nitrogens with zero attached hydrogens (tertiary/aromatic N) is 3. The van der Waals surface area contributed by atoms with Crippen molar-refractivity contribution < 1.29 is 21.6 Å². The first-order valence-corrected chi connectivity index (χ1v) is 11.5. The summed E-state index contributed by atoms with van der Waals surface area (Å²) in [6.45, 7) is 2.28. The van der Waals surface area contributed by atoms with Gasteiger partial charge < -0.3 is 5.32 Å². The SMILES string of the molecule is Cc1cc(Nc2cccc(C3CCCN(S(=O)(=O)c4cccc(C(F)(F)F)c4)C3)n2)n[nH]1. The van der Waals surface area contributed by atoms with Crippen LogP contribution in [-0.2, 0) is 16.2 Å². The zero-order chi connectivity index (χ0) is 22.9. The average molecular weight is 466 g/mol. The highest BCUT2D eigenvalue weighted by Crippen LogP contribution is 2.33. The number of pyridine rings is 1. The number of nitrogens with one attached hydrogen (secondary N) is 2. The van der Waals surface area contributed by atoms with Gasteiger partial charge in [-0.3, -0.25) is 5.10 Å². The van der Waals surface area contributed by atoms with Gasteiger partial charge in [0.25, 0.3) is 0 Å². The Hall–Kier alpha value is -2.92. The Bertz CT molecular complexity index is 1210. The molecule has 0 saturated carbocycles. The van der Waals surface area contributed by atoms with Gasteiger partial charge >= 0.3 is 6.18 Å². The fourth-order valence-corrected chi connectivity index (χ4v) is 5.32. The van der Waals surface area contributed by atoms with Crippen molar-refractivity contribution in [2.45, 2.75) is 36.8 Å². The Morgan fingerprint density at radius 3 is 2.62 bits per heavy atom. The second kappa shape index (κ2) is 8.55. The Morgan fingerprint density at radius 2 is 1.91 bits per heavy atom. The molecule has 3 heterocycles. The van der Waals surface area contributed by atoms with Crippen molar-refractivity contribution in [1.29, 1.82) is 0 Å². The van der Waals surface area contributed by atoms with E-state index in [1.807, 2.05) is 25.1 Å². The Kier molecular flexibility index (Phi) is 5.95. The van der Waals surface area contributed by atoms with E-state index in [1.54, 1.807) is 6.07 Å². The predicted octanol–water partition coefficient (Wildman–Crippen LogP) is 4.44. The summed E-state index contributed by atoms with van der Waals surface area (Å²) in [5.74, 6) is 1.02. The molecule has 3 aromatic rings. The number of sulfonamides is 1. The maximum Gasteiger partial charge on any atom is 0.416 e. The topological polar surface area (TPSA) is 91.0 Å². The van der Waals surface area contributed by atoms with Gasteiger partial charge in [0.15, 0.2) is 5.82 Å². The Labute approximate surface area is 183 Å². The van der Waals surface area contributed by atoms with Gasteiger partial charge in [-0.05, 0) is 50.1 Å². The quantitative estimate of drug-likeness (QED) is 0.581. The zero-order valence-corrected chi connectivity index (χ0v) is 18.0. The maximum atomic E-state index is 13.1. The highest BCUT2D eigenvalue weighted by Gasteiger charge is 2.35. The number of benzene rings is 1. The number of halogens is 3. The average Bonchev–Trinajstić information content (AvgIpc) is 3.18. The molecule has 2 aromatic heterocycles. The third-order valence-electron chi connectivity index (χ3n) is 5.33. The van der Waals surface area contributed by atoms with Gasteiger partial charge in [0.05, 0.1) is 10.5 Å². The van der Waals surface area contributed by atoms with Crippen LogP contribution in [0.25, 0.3) is 0 Å². The van der Waals surface area contributed by atoms with Gasteiger partial charge in [0, 0.05) is 36.5 Å². The van der Waals surface area contributed by atoms with E-state index in [1.165, 1.54) is 10.4 Å². The second-order valence-corrected chi connectivity index (χ2v) is 9.67. The third kappa shape index (κ3) is 4.78. The molecule has 0 amide bonds. The summed E-state index contributed by atoms with van der Waals surface area (Å²) in [5.41, 5.74) is 0.624. The molecule has 7 nitrogen and oxygen atoms in total. The van der Waals surface area contributed by atoms with Gasteiger partial charge in [-0.25, -0.2) is 13.4 Å². The molecule has 0 bridgehead atoms. The van der Waals surface area contributed by atoms with E-state index in [4.69, 9.17) is 0 Å². The molecule has 1 aliphatic heterocycles. The van der Waals surface area contributed by atoms with Gasteiger partial charge in [0.2, 0.25) is 10.0 Å². The number of rotatable bonds is 5. The molecule has 170 valence electrons. The molecule has 0 aliphatic carbocycles. The number of anilines is 2. The Balaban J connectivity index is 1.54. The molecule has 1 atom stereocenters. The van der Waals surface area contributed by atoms with Crippen molar-refractivity contribution in [3.63, 3.8) is 0 Å². The van der Waals surface area contributed by atoms with Crippen LogP contribution in [-0.4, -0.2) is 41.0 Å². The smallest absolute Gasteiger partial charge is 0.323 e. The lowest BCUT2D eigenvalue weighted by molar-refractivity contribution is -0.137. The number of hydrogen-bond donors (Lipinski definition) is 2. The minimum atomic E-state index is -4.61. The van der Waals surface area contributed by atoms with Gasteiger partial charge in [-0.2, -0.15) is 22.6 Å². The van der Waals surface area contributed by atoms with Crippen LogP contribution in [0.1, 0.15) is 35.7 Å². The highest BCUT2D eigenvalue weighted by molar-refractivity contribution is 7.89. The minimum Gasteiger partial charge on any atom is -0.323 e. The van der Waals surface area contributed by atoms with Crippen molar-refractivity contribution in [2.75, 3.05) is 18.4 Å². The van der Waals surface area contributed by atoms with Gasteiger partial charge in [-0.1, -0.05) is 12.1 Å². The van der Waals surface area contributed by atoms with Crippen LogP contribution in [0.15, 0.2) is 53.4 Å². The molecular formula is C21H22F3N5O2S. The number of alkyl halides is 3. The lowest BCUT2D eigenvalue weighted by Crippen LogP contribution is -2.39. The van der Waals surface area contributed by atoms with Crippen LogP contribution in [0.5, 0.6) is 0 Å². The summed E-state index contributed by atoms with van der Waals surface area (Å²) in [6, 6.07) is 11.1. The fraction of sp³-hybridized carbons (Fsp3) is 0.333. The normalized spacial score (nSPS) is 17.9. The molecule has 1 saturated heterocycles. The number of aryl methyl sites for hydroxylation is 1. The van der Waals surface area contributed by atoms with E-state index >= 15 is 0 Å². The van der Waals surface area contributed by atoms with Crippen molar-refractivity contribution >= 4 is 21.7 Å². The lowest BCUT2D eigenvalue weighted by atomic mass is 9.95. The molecule has 32 heavy (non-hydrogen) atoms. The molecule has 1 fully saturated rings. The lowest BCUT2D eigenvalue weighted by Gasteiger charge is -2.32. The van der Waals surface area contributed by atoms with Crippen LogP contribution in [0.4, 0.5) is 24.8 Å². The van der Waals surface area contributed by atoms with Crippen LogP contribution < -0.4 is 5.32 Å². The molecule has 1 aromatic carbocycles. The first kappa shape index (κ1) is 22.3. The second-order valence-electron chi connectivity index (χ2n) is 7.74. The molecule has 4 rings (SSSR count). The van der Waals surface area contributed by atoms with E-state index in [2.05, 4.69) is 20.5 Å². The van der Waals surface area contributed by atoms with Gasteiger partial charge in [0.1, 0.15) is 5.82 Å². The number of piperidine rings is 1. The number of aromatic amines is 1. The summed E-state index contributed by atoms with van der Waals surface area (Å²) in [7, 11) is -4.07. The molecule has 1 aliphatic rings. The molecular weight excluding hydrogens is 443 g/mol. The number of hydrogen-bond acceptors (Lipinski definition) is 5. The predicted molar refractivity (Wildman–Crippen MR) is 113 cm³/mol. The first-order valence-electron chi connectivity index (χ1n) is 10.1. The first-order chi connectivity index (χ1) is 15.1. The van der Waals surface area contributed by atoms with Crippen LogP contribution >= 0.6 is 0 Å². The van der Waals surface area contributed by atoms with E-state index in [-0.39, 0.29) is 23.9 Å². The molecule has 0 spiro atoms. The largest absolute Gasteiger partial charge is 0.416 e. The van der Waals surface area contributed by atoms with Crippen molar-refractivity contribution in [2.24, 2.45) is 0 Å². The summed E-state index contributed by atoms with van der Waals surface area (Å²) in [4.78, 5) is 4.25. The van der Waals surface area contributed by atoms with Gasteiger partial charge in [-0.15, -0.1) is 0 Å². The minimum absolute atomic E-state index is 0.149. The summed E-state index contributed by atoms with van der Waals surface area (Å²) >= 11 is 0. The van der Waals surface area contributed by atoms with E-state index in [9.17, 15) is 21.6 Å². The van der Waals surface area contributed by atoms with E-state index < -0.39 is 21.8 Å². The number of aromatic nitrogens is 3. The summed E-state index contributed by atoms with van der Waals surface area (Å²) in [5, 5.41) is 10.0. The standard InChI is InChI=1S/C21H22F3N5O2S/c1-14-11-20(28-27-14)26-19-9-3-8-18(25-19)15-5-4-10-29(13-15)32(30,31)17-7-2-6-16(12-17)21(22,23)24/h2-3,6-9,11-12,15H,4-5,10,13H2,1H3,(H2,25,26,27,28). The monoisotopic (exact) mass is 465 g/mol. The van der Waals surface area contributed by atoms with E-state index in [0.717, 1.165) is 24.2 Å². The molecule has 0 radical (unpaired) electrons. The summed E-state index contributed by atoms with van der Waals surface area (Å²) in [6.07, 6.45) is -3.30. The van der Waals surface area contributed by atoms with Crippen LogP contribution in [0, 0.1) is 6.92 Å². The van der Waals surface area contributed by atoms with Crippen LogP contribution in [0.2, 0.25) is 0 Å². The fourth-order valence-electron chi connectivity index (χ4n) is 3.75.